The molecule has 0 saturated heterocycles. The van der Waals surface area contributed by atoms with E-state index >= 15 is 0 Å². The molecule has 0 N–H and O–H groups in total. The standard InChI is InChI=1S/C9H12O3/c1-12-8(11)9-3-2-7(10)4-6(9)5-9/h6H,2-5H2,1H3/t6-,9+/m1/s1. The fourth-order valence-corrected chi connectivity index (χ4v) is 2.25. The minimum absolute atomic E-state index is 0.111. The number of fused-ring (bicyclic) bond motifs is 1. The lowest BCUT2D eigenvalue weighted by atomic mass is 9.88. The molecule has 2 aliphatic rings. The van der Waals surface area contributed by atoms with Crippen LogP contribution in [0.3, 0.4) is 0 Å². The third-order valence-corrected chi connectivity index (χ3v) is 3.15. The van der Waals surface area contributed by atoms with E-state index in [2.05, 4.69) is 0 Å². The average Bonchev–Trinajstić information content (AvgIpc) is 2.78. The lowest BCUT2D eigenvalue weighted by Gasteiger charge is -2.18. The zero-order chi connectivity index (χ0) is 8.77. The Morgan fingerprint density at radius 2 is 2.42 bits per heavy atom. The summed E-state index contributed by atoms with van der Waals surface area (Å²) in [5.74, 6) is 0.489. The Hall–Kier alpha value is -0.860. The highest BCUT2D eigenvalue weighted by atomic mass is 16.5. The first-order valence-electron chi connectivity index (χ1n) is 4.29. The topological polar surface area (TPSA) is 43.4 Å². The monoisotopic (exact) mass is 168 g/mol. The van der Waals surface area contributed by atoms with Gasteiger partial charge in [0.2, 0.25) is 0 Å². The average molecular weight is 168 g/mol. The number of hydrogen-bond acceptors (Lipinski definition) is 3. The van der Waals surface area contributed by atoms with E-state index in [0.29, 0.717) is 31.0 Å². The molecule has 0 spiro atoms. The van der Waals surface area contributed by atoms with Crippen molar-refractivity contribution in [3.05, 3.63) is 0 Å². The normalized spacial score (nSPS) is 38.8. The molecule has 3 heteroatoms. The first-order chi connectivity index (χ1) is 5.69. The van der Waals surface area contributed by atoms with Gasteiger partial charge in [-0.05, 0) is 18.8 Å². The molecule has 0 unspecified atom stereocenters. The predicted octanol–water partition coefficient (Wildman–Crippen LogP) is 0.919. The molecule has 0 bridgehead atoms. The van der Waals surface area contributed by atoms with Gasteiger partial charge in [0.05, 0.1) is 12.5 Å². The predicted molar refractivity (Wildman–Crippen MR) is 41.4 cm³/mol. The highest BCUT2D eigenvalue weighted by molar-refractivity contribution is 5.88. The Labute approximate surface area is 71.1 Å². The van der Waals surface area contributed by atoms with E-state index in [0.717, 1.165) is 6.42 Å². The SMILES string of the molecule is COC(=O)[C@]12CCC(=O)C[C@@H]1C2. The highest BCUT2D eigenvalue weighted by Gasteiger charge is 2.62. The lowest BCUT2D eigenvalue weighted by molar-refractivity contribution is -0.149. The molecule has 0 amide bonds. The molecule has 2 saturated carbocycles. The fraction of sp³-hybridized carbons (Fsp3) is 0.778. The summed E-state index contributed by atoms with van der Waals surface area (Å²) >= 11 is 0. The fourth-order valence-electron chi connectivity index (χ4n) is 2.25. The summed E-state index contributed by atoms with van der Waals surface area (Å²) in [6, 6.07) is 0. The van der Waals surface area contributed by atoms with Crippen molar-refractivity contribution >= 4 is 11.8 Å². The molecular weight excluding hydrogens is 156 g/mol. The van der Waals surface area contributed by atoms with Gasteiger partial charge in [0.25, 0.3) is 0 Å². The van der Waals surface area contributed by atoms with Crippen molar-refractivity contribution < 1.29 is 14.3 Å². The minimum Gasteiger partial charge on any atom is -0.469 e. The maximum Gasteiger partial charge on any atom is 0.312 e. The van der Waals surface area contributed by atoms with Gasteiger partial charge < -0.3 is 4.74 Å². The van der Waals surface area contributed by atoms with E-state index in [4.69, 9.17) is 4.74 Å². The van der Waals surface area contributed by atoms with Gasteiger partial charge in [-0.25, -0.2) is 0 Å². The van der Waals surface area contributed by atoms with E-state index in [-0.39, 0.29) is 11.4 Å². The molecular formula is C9H12O3. The van der Waals surface area contributed by atoms with Gasteiger partial charge in [-0.15, -0.1) is 0 Å². The molecule has 66 valence electrons. The quantitative estimate of drug-likeness (QED) is 0.547. The van der Waals surface area contributed by atoms with Crippen molar-refractivity contribution in [3.63, 3.8) is 0 Å². The van der Waals surface area contributed by atoms with E-state index in [9.17, 15) is 9.59 Å². The number of carbonyl (C=O) groups is 2. The first-order valence-corrected chi connectivity index (χ1v) is 4.29. The Kier molecular flexibility index (Phi) is 1.50. The summed E-state index contributed by atoms with van der Waals surface area (Å²) in [7, 11) is 1.42. The minimum atomic E-state index is -0.247. The van der Waals surface area contributed by atoms with Gasteiger partial charge in [-0.3, -0.25) is 9.59 Å². The van der Waals surface area contributed by atoms with Crippen LogP contribution >= 0.6 is 0 Å². The van der Waals surface area contributed by atoms with Crippen LogP contribution in [0.2, 0.25) is 0 Å². The van der Waals surface area contributed by atoms with Crippen LogP contribution in [0.4, 0.5) is 0 Å². The van der Waals surface area contributed by atoms with E-state index < -0.39 is 0 Å². The molecule has 2 aliphatic carbocycles. The summed E-state index contributed by atoms with van der Waals surface area (Å²) in [4.78, 5) is 22.3. The number of ketones is 1. The molecule has 3 nitrogen and oxygen atoms in total. The van der Waals surface area contributed by atoms with Crippen LogP contribution < -0.4 is 0 Å². The lowest BCUT2D eigenvalue weighted by Crippen LogP contribution is -2.25. The van der Waals surface area contributed by atoms with Crippen LogP contribution in [0, 0.1) is 11.3 Å². The maximum absolute atomic E-state index is 11.3. The molecule has 2 atom stereocenters. The summed E-state index contributed by atoms with van der Waals surface area (Å²) in [6.07, 6.45) is 2.73. The smallest absolute Gasteiger partial charge is 0.312 e. The molecule has 2 rings (SSSR count). The van der Waals surface area contributed by atoms with E-state index in [1.165, 1.54) is 7.11 Å². The second kappa shape index (κ2) is 2.31. The largest absolute Gasteiger partial charge is 0.469 e. The van der Waals surface area contributed by atoms with Crippen LogP contribution in [-0.4, -0.2) is 18.9 Å². The van der Waals surface area contributed by atoms with Crippen LogP contribution in [0.1, 0.15) is 25.7 Å². The molecule has 0 aromatic rings. The second-order valence-electron chi connectivity index (χ2n) is 3.79. The molecule has 0 aromatic carbocycles. The highest BCUT2D eigenvalue weighted by Crippen LogP contribution is 2.61. The van der Waals surface area contributed by atoms with Gasteiger partial charge >= 0.3 is 5.97 Å². The van der Waals surface area contributed by atoms with Gasteiger partial charge in [0, 0.05) is 12.8 Å². The van der Waals surface area contributed by atoms with Gasteiger partial charge in [-0.2, -0.15) is 0 Å². The van der Waals surface area contributed by atoms with Crippen molar-refractivity contribution in [1.29, 1.82) is 0 Å². The van der Waals surface area contributed by atoms with E-state index in [1.807, 2.05) is 0 Å². The Morgan fingerprint density at radius 3 is 3.00 bits per heavy atom. The Bertz CT molecular complexity index is 246. The summed E-state index contributed by atoms with van der Waals surface area (Å²) < 4.78 is 4.72. The molecule has 2 fully saturated rings. The molecule has 12 heavy (non-hydrogen) atoms. The summed E-state index contributed by atoms with van der Waals surface area (Å²) in [5.41, 5.74) is -0.247. The van der Waals surface area contributed by atoms with Crippen molar-refractivity contribution in [2.75, 3.05) is 7.11 Å². The third-order valence-electron chi connectivity index (χ3n) is 3.15. The van der Waals surface area contributed by atoms with Gasteiger partial charge in [0.1, 0.15) is 5.78 Å². The van der Waals surface area contributed by atoms with Crippen LogP contribution in [0.25, 0.3) is 0 Å². The van der Waals surface area contributed by atoms with Crippen molar-refractivity contribution in [2.45, 2.75) is 25.7 Å². The zero-order valence-electron chi connectivity index (χ0n) is 7.13. The first kappa shape index (κ1) is 7.77. The number of esters is 1. The summed E-state index contributed by atoms with van der Waals surface area (Å²) in [5, 5.41) is 0. The summed E-state index contributed by atoms with van der Waals surface area (Å²) in [6.45, 7) is 0. The molecule has 0 aliphatic heterocycles. The van der Waals surface area contributed by atoms with Crippen LogP contribution in [0.5, 0.6) is 0 Å². The Balaban J connectivity index is 2.09. The number of carbonyl (C=O) groups excluding carboxylic acids is 2. The number of Topliss-reactive ketones (excluding diaryl/α,β-unsaturated/α-hetero) is 1. The number of rotatable bonds is 1. The number of hydrogen-bond donors (Lipinski definition) is 0. The number of methoxy groups -OCH3 is 1. The maximum atomic E-state index is 11.3. The van der Waals surface area contributed by atoms with Crippen LogP contribution in [0.15, 0.2) is 0 Å². The van der Waals surface area contributed by atoms with Gasteiger partial charge in [-0.1, -0.05) is 0 Å². The Morgan fingerprint density at radius 1 is 1.67 bits per heavy atom. The van der Waals surface area contributed by atoms with Gasteiger partial charge in [0.15, 0.2) is 0 Å². The molecule has 0 radical (unpaired) electrons. The van der Waals surface area contributed by atoms with Crippen LogP contribution in [-0.2, 0) is 14.3 Å². The zero-order valence-corrected chi connectivity index (χ0v) is 7.13. The molecule has 0 aromatic heterocycles. The van der Waals surface area contributed by atoms with Crippen molar-refractivity contribution in [2.24, 2.45) is 11.3 Å². The third kappa shape index (κ3) is 0.886. The van der Waals surface area contributed by atoms with Crippen molar-refractivity contribution in [3.8, 4) is 0 Å². The van der Waals surface area contributed by atoms with Crippen molar-refractivity contribution in [1.82, 2.24) is 0 Å². The number of ether oxygens (including phenoxy) is 1. The second-order valence-corrected chi connectivity index (χ2v) is 3.79. The van der Waals surface area contributed by atoms with E-state index in [1.54, 1.807) is 0 Å². The molecule has 0 heterocycles.